The van der Waals surface area contributed by atoms with Crippen molar-refractivity contribution in [1.29, 1.82) is 0 Å². The van der Waals surface area contributed by atoms with Crippen molar-refractivity contribution in [2.45, 2.75) is 114 Å². The molecule has 8 rings (SSSR count). The Bertz CT molecular complexity index is 2400. The van der Waals surface area contributed by atoms with Crippen molar-refractivity contribution >= 4 is 25.9 Å². The monoisotopic (exact) mass is 871 g/mol. The molecule has 1 aliphatic carbocycles. The predicted octanol–water partition coefficient (Wildman–Crippen LogP) is 8.77. The van der Waals surface area contributed by atoms with Crippen LogP contribution in [0.1, 0.15) is 69.2 Å². The number of carboxylic acid groups (broad SMARTS) is 1. The summed E-state index contributed by atoms with van der Waals surface area (Å²) < 4.78 is 25.5. The number of aliphatic hydroxyl groups is 3. The van der Waals surface area contributed by atoms with Gasteiger partial charge in [-0.3, -0.25) is 4.79 Å². The van der Waals surface area contributed by atoms with Gasteiger partial charge in [-0.05, 0) is 96.4 Å². The third kappa shape index (κ3) is 8.43. The first-order valence-corrected chi connectivity index (χ1v) is 24.6. The Hall–Kier alpha value is -5.34. The zero-order chi connectivity index (χ0) is 44.7. The van der Waals surface area contributed by atoms with E-state index < -0.39 is 56.0 Å². The molecule has 63 heavy (non-hydrogen) atoms. The zero-order valence-corrected chi connectivity index (χ0v) is 37.4. The molecule has 2 aliphatic heterocycles. The van der Waals surface area contributed by atoms with Gasteiger partial charge in [0, 0.05) is 11.3 Å². The number of carboxylic acids is 1. The summed E-state index contributed by atoms with van der Waals surface area (Å²) in [5, 5.41) is 40.8. The van der Waals surface area contributed by atoms with Crippen molar-refractivity contribution in [2.24, 2.45) is 5.41 Å². The number of aliphatic hydroxyl groups excluding tert-OH is 3. The van der Waals surface area contributed by atoms with Gasteiger partial charge in [0.25, 0.3) is 0 Å². The van der Waals surface area contributed by atoms with Gasteiger partial charge in [0.1, 0.15) is 36.4 Å². The molecule has 2 unspecified atom stereocenters. The number of amides is 1. The maximum atomic E-state index is 15.0. The highest BCUT2D eigenvalue weighted by molar-refractivity contribution is 6.74. The Morgan fingerprint density at radius 2 is 1.38 bits per heavy atom. The number of benzene rings is 5. The first-order valence-electron chi connectivity index (χ1n) is 21.7. The third-order valence-corrected chi connectivity index (χ3v) is 18.3. The summed E-state index contributed by atoms with van der Waals surface area (Å²) in [4.78, 5) is 28.6. The molecule has 1 saturated carbocycles. The van der Waals surface area contributed by atoms with Crippen molar-refractivity contribution in [3.8, 4) is 22.6 Å². The minimum absolute atomic E-state index is 0.0123. The van der Waals surface area contributed by atoms with Crippen LogP contribution in [0.3, 0.4) is 0 Å². The fourth-order valence-electron chi connectivity index (χ4n) is 9.20. The van der Waals surface area contributed by atoms with Crippen LogP contribution in [0.5, 0.6) is 11.5 Å². The Morgan fingerprint density at radius 1 is 0.762 bits per heavy atom. The van der Waals surface area contributed by atoms with Gasteiger partial charge in [-0.1, -0.05) is 124 Å². The second-order valence-electron chi connectivity index (χ2n) is 18.7. The molecule has 3 aliphatic rings. The summed E-state index contributed by atoms with van der Waals surface area (Å²) in [5.41, 5.74) is 4.06. The number of nitrogens with zero attached hydrogens (tertiary/aromatic N) is 1. The summed E-state index contributed by atoms with van der Waals surface area (Å²) in [6.07, 6.45) is -6.11. The Morgan fingerprint density at radius 3 is 2.02 bits per heavy atom. The molecule has 4 N–H and O–H groups in total. The van der Waals surface area contributed by atoms with Crippen LogP contribution in [0, 0.1) is 5.41 Å². The number of para-hydroxylation sites is 1. The van der Waals surface area contributed by atoms with Crippen molar-refractivity contribution < 1.29 is 48.7 Å². The lowest BCUT2D eigenvalue weighted by atomic mass is 9.56. The highest BCUT2D eigenvalue weighted by Gasteiger charge is 2.65. The van der Waals surface area contributed by atoms with Crippen LogP contribution in [0.2, 0.25) is 18.1 Å². The summed E-state index contributed by atoms with van der Waals surface area (Å²) in [5.74, 6) is -0.554. The number of β-lactam (4-membered cyclic amide) rings is 1. The van der Waals surface area contributed by atoms with Crippen molar-refractivity contribution in [2.75, 3.05) is 4.90 Å². The summed E-state index contributed by atoms with van der Waals surface area (Å²) >= 11 is 0. The molecular weight excluding hydrogens is 815 g/mol. The van der Waals surface area contributed by atoms with E-state index >= 15 is 0 Å². The SMILES string of the molecule is CC(C)(C)[Si](C)(C)OC1(c2ccccc2)CCC2(CC1)C(=O)N(c1ccccc1)[C@@H]2c1ccc(-c2cccc(O[C@@H]3OC(C(=O)O)[C@H](O)[C@H](O)C3O)c2)cc1OCc1ccccc1. The molecule has 0 radical (unpaired) electrons. The quantitative estimate of drug-likeness (QED) is 0.0707. The molecule has 12 heteroatoms. The maximum absolute atomic E-state index is 15.0. The largest absolute Gasteiger partial charge is 0.489 e. The van der Waals surface area contributed by atoms with E-state index in [0.29, 0.717) is 31.4 Å². The van der Waals surface area contributed by atoms with E-state index in [1.807, 2.05) is 95.9 Å². The smallest absolute Gasteiger partial charge is 0.335 e. The topological polar surface area (TPSA) is 155 Å². The minimum atomic E-state index is -2.26. The van der Waals surface area contributed by atoms with Crippen molar-refractivity contribution in [3.05, 3.63) is 150 Å². The number of carbonyl (C=O) groups is 2. The average Bonchev–Trinajstić information content (AvgIpc) is 3.28. The zero-order valence-electron chi connectivity index (χ0n) is 36.4. The first-order chi connectivity index (χ1) is 30.0. The second kappa shape index (κ2) is 17.3. The van der Waals surface area contributed by atoms with E-state index in [1.54, 1.807) is 18.2 Å². The van der Waals surface area contributed by atoms with Gasteiger partial charge < -0.3 is 44.0 Å². The van der Waals surface area contributed by atoms with E-state index in [-0.39, 0.29) is 29.3 Å². The normalized spacial score (nSPS) is 27.4. The number of carbonyl (C=O) groups excluding carboxylic acids is 1. The van der Waals surface area contributed by atoms with Crippen LogP contribution in [0.25, 0.3) is 11.1 Å². The minimum Gasteiger partial charge on any atom is -0.489 e. The number of hydrogen-bond acceptors (Lipinski definition) is 9. The number of ether oxygens (including phenoxy) is 3. The molecule has 1 amide bonds. The molecule has 1 spiro atoms. The molecule has 5 aromatic rings. The summed E-state index contributed by atoms with van der Waals surface area (Å²) in [6.45, 7) is 11.7. The number of anilines is 1. The Balaban J connectivity index is 1.17. The molecule has 0 aromatic heterocycles. The first kappa shape index (κ1) is 44.3. The van der Waals surface area contributed by atoms with E-state index in [1.165, 1.54) is 0 Å². The molecular formula is C51H57NO10Si. The van der Waals surface area contributed by atoms with E-state index in [9.17, 15) is 30.0 Å². The van der Waals surface area contributed by atoms with Crippen LogP contribution >= 0.6 is 0 Å². The molecule has 6 atom stereocenters. The fourth-order valence-corrected chi connectivity index (χ4v) is 10.8. The highest BCUT2D eigenvalue weighted by Crippen LogP contribution is 2.64. The average molecular weight is 872 g/mol. The summed E-state index contributed by atoms with van der Waals surface area (Å²) in [7, 11) is -2.26. The lowest BCUT2D eigenvalue weighted by molar-refractivity contribution is -0.271. The van der Waals surface area contributed by atoms with Crippen LogP contribution in [0.4, 0.5) is 5.69 Å². The molecule has 2 heterocycles. The lowest BCUT2D eigenvalue weighted by Crippen LogP contribution is -2.66. The lowest BCUT2D eigenvalue weighted by Gasteiger charge is -2.61. The molecule has 11 nitrogen and oxygen atoms in total. The van der Waals surface area contributed by atoms with Gasteiger partial charge in [0.05, 0.1) is 17.1 Å². The number of rotatable bonds is 12. The van der Waals surface area contributed by atoms with Gasteiger partial charge in [-0.2, -0.15) is 0 Å². The number of aliphatic carboxylic acids is 1. The Kier molecular flexibility index (Phi) is 12.2. The van der Waals surface area contributed by atoms with Gasteiger partial charge >= 0.3 is 5.97 Å². The van der Waals surface area contributed by atoms with Crippen LogP contribution in [-0.4, -0.2) is 71.3 Å². The third-order valence-electron chi connectivity index (χ3n) is 13.7. The Labute approximate surface area is 370 Å². The van der Waals surface area contributed by atoms with Gasteiger partial charge in [-0.25, -0.2) is 4.79 Å². The van der Waals surface area contributed by atoms with Crippen molar-refractivity contribution in [1.82, 2.24) is 0 Å². The fraction of sp³-hybridized carbons (Fsp3) is 0.373. The van der Waals surface area contributed by atoms with Gasteiger partial charge in [0.15, 0.2) is 14.4 Å². The summed E-state index contributed by atoms with van der Waals surface area (Å²) in [6, 6.07) is 42.9. The van der Waals surface area contributed by atoms with E-state index in [0.717, 1.165) is 33.5 Å². The van der Waals surface area contributed by atoms with Crippen LogP contribution in [-0.2, 0) is 31.0 Å². The molecule has 5 aromatic carbocycles. The molecule has 0 bridgehead atoms. The van der Waals surface area contributed by atoms with Crippen molar-refractivity contribution in [3.63, 3.8) is 0 Å². The maximum Gasteiger partial charge on any atom is 0.335 e. The van der Waals surface area contributed by atoms with E-state index in [4.69, 9.17) is 18.6 Å². The van der Waals surface area contributed by atoms with E-state index in [2.05, 4.69) is 58.1 Å². The number of hydrogen-bond donors (Lipinski definition) is 4. The van der Waals surface area contributed by atoms with Gasteiger partial charge in [0.2, 0.25) is 12.2 Å². The molecule has 2 saturated heterocycles. The molecule has 330 valence electrons. The standard InChI is InChI=1S/C51H57NO10Si/c1-49(2,3)63(4,5)62-51(36-19-11-7-12-20-36)28-26-50(27-29-51)45(52(48(50)58)37-21-13-8-14-22-37)39-25-24-35(31-40(39)59-32-33-16-9-6-10-17-33)34-18-15-23-38(30-34)60-47-43(55)41(53)42(54)44(61-47)46(56)57/h6-25,30-31,41-45,47,53-55H,26-29,32H2,1-5H3,(H,56,57)/t41-,42+,43?,44?,45+,47+,50?,51?/m0/s1. The van der Waals surface area contributed by atoms with Gasteiger partial charge in [-0.15, -0.1) is 0 Å². The predicted molar refractivity (Wildman–Crippen MR) is 242 cm³/mol. The van der Waals surface area contributed by atoms with Crippen LogP contribution < -0.4 is 14.4 Å². The van der Waals surface area contributed by atoms with Crippen LogP contribution in [0.15, 0.2) is 133 Å². The highest BCUT2D eigenvalue weighted by atomic mass is 28.4. The molecule has 3 fully saturated rings. The second-order valence-corrected chi connectivity index (χ2v) is 23.4.